The minimum Gasteiger partial charge on any atom is -0.481 e. The van der Waals surface area contributed by atoms with Crippen LogP contribution in [0.5, 0.6) is 0 Å². The van der Waals surface area contributed by atoms with E-state index in [0.717, 1.165) is 6.42 Å². The first-order chi connectivity index (χ1) is 8.47. The Kier molecular flexibility index (Phi) is 5.36. The molecule has 0 fully saturated rings. The number of carbonyl (C=O) groups is 2. The van der Waals surface area contributed by atoms with Crippen LogP contribution >= 0.6 is 0 Å². The van der Waals surface area contributed by atoms with Gasteiger partial charge in [0.1, 0.15) is 0 Å². The molecule has 0 aliphatic carbocycles. The second-order valence-corrected chi connectivity index (χ2v) is 4.74. The van der Waals surface area contributed by atoms with Gasteiger partial charge in [-0.3, -0.25) is 9.59 Å². The Hall–Kier alpha value is -1.84. The molecule has 0 heterocycles. The molecule has 0 atom stereocenters. The lowest BCUT2D eigenvalue weighted by Gasteiger charge is -2.07. The molecule has 1 aromatic carbocycles. The highest BCUT2D eigenvalue weighted by Gasteiger charge is 2.05. The summed E-state index contributed by atoms with van der Waals surface area (Å²) in [6.07, 6.45) is 0.869. The molecular formula is C14H19NO3. The largest absolute Gasteiger partial charge is 0.481 e. The van der Waals surface area contributed by atoms with Crippen LogP contribution in [0.4, 0.5) is 5.69 Å². The number of hydrogen-bond acceptors (Lipinski definition) is 2. The fourth-order valence-corrected chi connectivity index (χ4v) is 1.64. The van der Waals surface area contributed by atoms with Gasteiger partial charge >= 0.3 is 5.97 Å². The molecule has 0 aliphatic rings. The molecular weight excluding hydrogens is 230 g/mol. The molecule has 2 N–H and O–H groups in total. The van der Waals surface area contributed by atoms with Crippen molar-refractivity contribution in [2.75, 3.05) is 5.32 Å². The topological polar surface area (TPSA) is 66.4 Å². The SMILES string of the molecule is CC(C)Cc1ccc(NC(=O)CCC(=O)O)cc1. The highest BCUT2D eigenvalue weighted by molar-refractivity contribution is 5.92. The van der Waals surface area contributed by atoms with Crippen LogP contribution in [0, 0.1) is 5.92 Å². The third kappa shape index (κ3) is 5.48. The molecule has 0 bridgehead atoms. The predicted octanol–water partition coefficient (Wildman–Crippen LogP) is 2.69. The molecule has 1 aromatic rings. The quantitative estimate of drug-likeness (QED) is 0.814. The zero-order chi connectivity index (χ0) is 13.5. The monoisotopic (exact) mass is 249 g/mol. The van der Waals surface area contributed by atoms with E-state index in [0.29, 0.717) is 11.6 Å². The van der Waals surface area contributed by atoms with Gasteiger partial charge in [-0.1, -0.05) is 26.0 Å². The van der Waals surface area contributed by atoms with Crippen molar-refractivity contribution in [3.05, 3.63) is 29.8 Å². The Balaban J connectivity index is 2.48. The minimum atomic E-state index is -0.961. The van der Waals surface area contributed by atoms with Gasteiger partial charge in [-0.05, 0) is 30.0 Å². The van der Waals surface area contributed by atoms with Crippen molar-refractivity contribution < 1.29 is 14.7 Å². The van der Waals surface area contributed by atoms with Gasteiger partial charge in [0.25, 0.3) is 0 Å². The first-order valence-corrected chi connectivity index (χ1v) is 6.08. The molecule has 0 saturated heterocycles. The number of amides is 1. The van der Waals surface area contributed by atoms with Crippen molar-refractivity contribution in [3.8, 4) is 0 Å². The first-order valence-electron chi connectivity index (χ1n) is 6.08. The van der Waals surface area contributed by atoms with Crippen LogP contribution in [0.25, 0.3) is 0 Å². The van der Waals surface area contributed by atoms with Gasteiger partial charge < -0.3 is 10.4 Å². The van der Waals surface area contributed by atoms with Crippen molar-refractivity contribution >= 4 is 17.6 Å². The van der Waals surface area contributed by atoms with E-state index < -0.39 is 5.97 Å². The Labute approximate surface area is 107 Å². The summed E-state index contributed by atoms with van der Waals surface area (Å²) in [4.78, 5) is 21.7. The molecule has 4 nitrogen and oxygen atoms in total. The molecule has 1 rings (SSSR count). The molecule has 0 aliphatic heterocycles. The molecule has 98 valence electrons. The van der Waals surface area contributed by atoms with Crippen LogP contribution in [0.1, 0.15) is 32.3 Å². The zero-order valence-corrected chi connectivity index (χ0v) is 10.8. The van der Waals surface area contributed by atoms with Crippen LogP contribution in [0.2, 0.25) is 0 Å². The second-order valence-electron chi connectivity index (χ2n) is 4.74. The highest BCUT2D eigenvalue weighted by Crippen LogP contribution is 2.13. The Bertz CT molecular complexity index is 410. The average molecular weight is 249 g/mol. The van der Waals surface area contributed by atoms with Gasteiger partial charge in [0.2, 0.25) is 5.91 Å². The number of hydrogen-bond donors (Lipinski definition) is 2. The molecule has 0 spiro atoms. The Morgan fingerprint density at radius 3 is 2.28 bits per heavy atom. The number of aliphatic carboxylic acids is 1. The smallest absolute Gasteiger partial charge is 0.303 e. The molecule has 0 aromatic heterocycles. The van der Waals surface area contributed by atoms with E-state index in [-0.39, 0.29) is 18.7 Å². The van der Waals surface area contributed by atoms with E-state index in [2.05, 4.69) is 19.2 Å². The van der Waals surface area contributed by atoms with E-state index in [9.17, 15) is 9.59 Å². The van der Waals surface area contributed by atoms with E-state index in [1.54, 1.807) is 0 Å². The van der Waals surface area contributed by atoms with Crippen LogP contribution in [-0.2, 0) is 16.0 Å². The average Bonchev–Trinajstić information content (AvgIpc) is 2.28. The highest BCUT2D eigenvalue weighted by atomic mass is 16.4. The lowest BCUT2D eigenvalue weighted by Crippen LogP contribution is -2.13. The molecule has 1 amide bonds. The van der Waals surface area contributed by atoms with Gasteiger partial charge in [0, 0.05) is 12.1 Å². The standard InChI is InChI=1S/C14H19NO3/c1-10(2)9-11-3-5-12(6-4-11)15-13(16)7-8-14(17)18/h3-6,10H,7-9H2,1-2H3,(H,15,16)(H,17,18). The van der Waals surface area contributed by atoms with Crippen LogP contribution in [0.15, 0.2) is 24.3 Å². The van der Waals surface area contributed by atoms with Gasteiger partial charge in [-0.15, -0.1) is 0 Å². The van der Waals surface area contributed by atoms with Gasteiger partial charge in [0.05, 0.1) is 6.42 Å². The molecule has 4 heteroatoms. The fourth-order valence-electron chi connectivity index (χ4n) is 1.64. The van der Waals surface area contributed by atoms with E-state index in [1.165, 1.54) is 5.56 Å². The van der Waals surface area contributed by atoms with E-state index in [1.807, 2.05) is 24.3 Å². The Morgan fingerprint density at radius 1 is 1.17 bits per heavy atom. The van der Waals surface area contributed by atoms with Gasteiger partial charge in [0.15, 0.2) is 0 Å². The predicted molar refractivity (Wildman–Crippen MR) is 70.5 cm³/mol. The summed E-state index contributed by atoms with van der Waals surface area (Å²) in [5.41, 5.74) is 1.94. The maximum absolute atomic E-state index is 11.4. The first kappa shape index (κ1) is 14.2. The molecule has 0 radical (unpaired) electrons. The zero-order valence-electron chi connectivity index (χ0n) is 10.8. The van der Waals surface area contributed by atoms with E-state index in [4.69, 9.17) is 5.11 Å². The third-order valence-corrected chi connectivity index (χ3v) is 2.45. The summed E-state index contributed by atoms with van der Waals surface area (Å²) in [7, 11) is 0. The number of carboxylic acids is 1. The van der Waals surface area contributed by atoms with Crippen molar-refractivity contribution in [2.45, 2.75) is 33.1 Å². The summed E-state index contributed by atoms with van der Waals surface area (Å²) in [6, 6.07) is 7.65. The molecule has 0 unspecified atom stereocenters. The van der Waals surface area contributed by atoms with Crippen LogP contribution in [0.3, 0.4) is 0 Å². The number of anilines is 1. The molecule has 0 saturated carbocycles. The number of benzene rings is 1. The number of carbonyl (C=O) groups excluding carboxylic acids is 1. The maximum atomic E-state index is 11.4. The fraction of sp³-hybridized carbons (Fsp3) is 0.429. The third-order valence-electron chi connectivity index (χ3n) is 2.45. The summed E-state index contributed by atoms with van der Waals surface area (Å²) < 4.78 is 0. The number of rotatable bonds is 6. The maximum Gasteiger partial charge on any atom is 0.303 e. The lowest BCUT2D eigenvalue weighted by atomic mass is 10.0. The number of nitrogens with one attached hydrogen (secondary N) is 1. The number of carboxylic acid groups (broad SMARTS) is 1. The van der Waals surface area contributed by atoms with Gasteiger partial charge in [-0.2, -0.15) is 0 Å². The van der Waals surface area contributed by atoms with E-state index >= 15 is 0 Å². The van der Waals surface area contributed by atoms with Gasteiger partial charge in [-0.25, -0.2) is 0 Å². The van der Waals surface area contributed by atoms with Crippen molar-refractivity contribution in [1.29, 1.82) is 0 Å². The lowest BCUT2D eigenvalue weighted by molar-refractivity contribution is -0.138. The van der Waals surface area contributed by atoms with Crippen LogP contribution < -0.4 is 5.32 Å². The summed E-state index contributed by atoms with van der Waals surface area (Å²) in [6.45, 7) is 4.31. The summed E-state index contributed by atoms with van der Waals surface area (Å²) in [5.74, 6) is -0.632. The second kappa shape index (κ2) is 6.79. The van der Waals surface area contributed by atoms with Crippen molar-refractivity contribution in [3.63, 3.8) is 0 Å². The minimum absolute atomic E-state index is 0.00305. The normalized spacial score (nSPS) is 10.4. The molecule has 18 heavy (non-hydrogen) atoms. The summed E-state index contributed by atoms with van der Waals surface area (Å²) >= 11 is 0. The van der Waals surface area contributed by atoms with Crippen molar-refractivity contribution in [1.82, 2.24) is 0 Å². The van der Waals surface area contributed by atoms with Crippen LogP contribution in [-0.4, -0.2) is 17.0 Å². The Morgan fingerprint density at radius 2 is 1.78 bits per heavy atom. The van der Waals surface area contributed by atoms with Crippen molar-refractivity contribution in [2.24, 2.45) is 5.92 Å². The summed E-state index contributed by atoms with van der Waals surface area (Å²) in [5, 5.41) is 11.1.